The summed E-state index contributed by atoms with van der Waals surface area (Å²) >= 11 is 0. The number of hydrogen-bond donors (Lipinski definition) is 0. The van der Waals surface area contributed by atoms with E-state index in [1.165, 1.54) is 0 Å². The molecule has 3 heteroatoms. The van der Waals surface area contributed by atoms with Gasteiger partial charge in [-0.3, -0.25) is 4.90 Å². The quantitative estimate of drug-likeness (QED) is 0.566. The van der Waals surface area contributed by atoms with E-state index in [1.807, 2.05) is 25.7 Å². The molecule has 1 aliphatic carbocycles. The van der Waals surface area contributed by atoms with Crippen molar-refractivity contribution in [3.05, 3.63) is 0 Å². The molecule has 0 amide bonds. The van der Waals surface area contributed by atoms with Crippen molar-refractivity contribution >= 4 is 0 Å². The third kappa shape index (κ3) is 1.28. The van der Waals surface area contributed by atoms with E-state index in [1.54, 1.807) is 0 Å². The van der Waals surface area contributed by atoms with Crippen LogP contribution in [-0.4, -0.2) is 29.5 Å². The van der Waals surface area contributed by atoms with E-state index >= 15 is 0 Å². The molecule has 0 bridgehead atoms. The summed E-state index contributed by atoms with van der Waals surface area (Å²) in [5.74, 6) is -2.44. The zero-order chi connectivity index (χ0) is 9.91. The number of nitrogens with zero attached hydrogens (tertiary/aromatic N) is 1. The van der Waals surface area contributed by atoms with Gasteiger partial charge < -0.3 is 0 Å². The van der Waals surface area contributed by atoms with Crippen LogP contribution in [0.2, 0.25) is 0 Å². The first-order valence-corrected chi connectivity index (χ1v) is 4.90. The zero-order valence-corrected chi connectivity index (χ0v) is 8.53. The maximum Gasteiger partial charge on any atom is 0.267 e. The van der Waals surface area contributed by atoms with Crippen LogP contribution in [0.4, 0.5) is 8.78 Å². The summed E-state index contributed by atoms with van der Waals surface area (Å²) in [7, 11) is 0. The van der Waals surface area contributed by atoms with Crippen molar-refractivity contribution in [3.8, 4) is 0 Å². The lowest BCUT2D eigenvalue weighted by molar-refractivity contribution is -0.0418. The fourth-order valence-electron chi connectivity index (χ4n) is 2.09. The highest BCUT2D eigenvalue weighted by Gasteiger charge is 2.67. The second-order valence-electron chi connectivity index (χ2n) is 5.51. The highest BCUT2D eigenvalue weighted by Crippen LogP contribution is 2.61. The Bertz CT molecular complexity index is 220. The van der Waals surface area contributed by atoms with Gasteiger partial charge in [-0.2, -0.15) is 0 Å². The van der Waals surface area contributed by atoms with Gasteiger partial charge in [-0.25, -0.2) is 8.78 Å². The third-order valence-corrected chi connectivity index (χ3v) is 3.46. The first-order valence-electron chi connectivity index (χ1n) is 4.90. The van der Waals surface area contributed by atoms with Crippen LogP contribution in [0.25, 0.3) is 0 Å². The molecule has 0 aromatic rings. The number of hydrogen-bond acceptors (Lipinski definition) is 1. The van der Waals surface area contributed by atoms with Gasteiger partial charge in [-0.05, 0) is 33.6 Å². The van der Waals surface area contributed by atoms with E-state index in [2.05, 4.69) is 0 Å². The summed E-state index contributed by atoms with van der Waals surface area (Å²) in [5.41, 5.74) is -0.754. The lowest BCUT2D eigenvalue weighted by Gasteiger charge is -2.31. The van der Waals surface area contributed by atoms with Crippen LogP contribution < -0.4 is 0 Å². The molecule has 0 N–H and O–H groups in total. The molecule has 1 saturated carbocycles. The average Bonchev–Trinajstić information content (AvgIpc) is 2.59. The van der Waals surface area contributed by atoms with E-state index in [4.69, 9.17) is 0 Å². The summed E-state index contributed by atoms with van der Waals surface area (Å²) in [6.45, 7) is 6.56. The van der Waals surface area contributed by atoms with Gasteiger partial charge in [-0.1, -0.05) is 0 Å². The van der Waals surface area contributed by atoms with Crippen molar-refractivity contribution in [1.29, 1.82) is 0 Å². The van der Waals surface area contributed by atoms with Crippen LogP contribution >= 0.6 is 0 Å². The third-order valence-electron chi connectivity index (χ3n) is 3.46. The molecule has 0 radical (unpaired) electrons. The largest absolute Gasteiger partial charge is 0.292 e. The summed E-state index contributed by atoms with van der Waals surface area (Å²) in [5, 5.41) is 0. The average molecular weight is 189 g/mol. The molecule has 0 atom stereocenters. The predicted molar refractivity (Wildman–Crippen MR) is 47.9 cm³/mol. The molecular formula is C10H17F2N. The maximum absolute atomic E-state index is 13.5. The first kappa shape index (κ1) is 9.38. The molecule has 2 aliphatic rings. The molecule has 1 spiro atoms. The van der Waals surface area contributed by atoms with Gasteiger partial charge in [0.05, 0.1) is 6.54 Å². The minimum Gasteiger partial charge on any atom is -0.292 e. The molecule has 76 valence electrons. The van der Waals surface area contributed by atoms with Gasteiger partial charge in [0, 0.05) is 17.5 Å². The Morgan fingerprint density at radius 1 is 1.08 bits per heavy atom. The number of likely N-dealkylation sites (tertiary alicyclic amines) is 1. The van der Waals surface area contributed by atoms with Crippen LogP contribution in [0.5, 0.6) is 0 Å². The van der Waals surface area contributed by atoms with Crippen molar-refractivity contribution < 1.29 is 8.78 Å². The van der Waals surface area contributed by atoms with E-state index in [-0.39, 0.29) is 12.1 Å². The molecule has 1 aliphatic heterocycles. The molecule has 1 saturated heterocycles. The van der Waals surface area contributed by atoms with Crippen molar-refractivity contribution in [2.45, 2.75) is 45.1 Å². The van der Waals surface area contributed by atoms with Gasteiger partial charge >= 0.3 is 0 Å². The van der Waals surface area contributed by atoms with Crippen molar-refractivity contribution in [2.24, 2.45) is 5.41 Å². The Hall–Kier alpha value is -0.180. The van der Waals surface area contributed by atoms with Gasteiger partial charge in [0.15, 0.2) is 0 Å². The monoisotopic (exact) mass is 189 g/mol. The topological polar surface area (TPSA) is 3.24 Å². The van der Waals surface area contributed by atoms with E-state index in [0.29, 0.717) is 19.4 Å². The smallest absolute Gasteiger partial charge is 0.267 e. The Balaban J connectivity index is 2.16. The molecule has 1 heterocycles. The molecule has 0 aromatic heterocycles. The highest BCUT2D eigenvalue weighted by atomic mass is 19.3. The summed E-state index contributed by atoms with van der Waals surface area (Å²) in [6, 6.07) is 0. The van der Waals surface area contributed by atoms with Crippen LogP contribution in [0.15, 0.2) is 0 Å². The van der Waals surface area contributed by atoms with Crippen LogP contribution in [0.3, 0.4) is 0 Å². The van der Waals surface area contributed by atoms with Crippen molar-refractivity contribution in [1.82, 2.24) is 4.90 Å². The molecule has 2 fully saturated rings. The Morgan fingerprint density at radius 2 is 1.62 bits per heavy atom. The standard InChI is InChI=1S/C10H17F2N/c1-8(2,3)13-6-9(4-5-9)10(11,12)7-13/h4-7H2,1-3H3. The van der Waals surface area contributed by atoms with E-state index in [0.717, 1.165) is 0 Å². The fraction of sp³-hybridized carbons (Fsp3) is 1.00. The number of alkyl halides is 2. The first-order chi connectivity index (χ1) is 5.77. The van der Waals surface area contributed by atoms with E-state index < -0.39 is 11.3 Å². The minimum atomic E-state index is -2.44. The Morgan fingerprint density at radius 3 is 1.85 bits per heavy atom. The molecular weight excluding hydrogens is 172 g/mol. The molecule has 0 aromatic carbocycles. The van der Waals surface area contributed by atoms with Crippen LogP contribution in [-0.2, 0) is 0 Å². The molecule has 13 heavy (non-hydrogen) atoms. The summed E-state index contributed by atoms with van der Waals surface area (Å²) in [4.78, 5) is 1.92. The molecule has 0 unspecified atom stereocenters. The number of rotatable bonds is 0. The summed E-state index contributed by atoms with van der Waals surface area (Å²) in [6.07, 6.45) is 1.43. The van der Waals surface area contributed by atoms with Crippen molar-refractivity contribution in [2.75, 3.05) is 13.1 Å². The van der Waals surface area contributed by atoms with Crippen LogP contribution in [0, 0.1) is 5.41 Å². The summed E-state index contributed by atoms with van der Waals surface area (Å²) < 4.78 is 27.0. The van der Waals surface area contributed by atoms with E-state index in [9.17, 15) is 8.78 Å². The Labute approximate surface area is 78.1 Å². The fourth-order valence-corrected chi connectivity index (χ4v) is 2.09. The predicted octanol–water partition coefficient (Wildman–Crippen LogP) is 2.52. The normalized spacial score (nSPS) is 31.2. The van der Waals surface area contributed by atoms with Gasteiger partial charge in [0.25, 0.3) is 5.92 Å². The SMILES string of the molecule is CC(C)(C)N1CC(F)(F)C2(CC2)C1. The van der Waals surface area contributed by atoms with Crippen molar-refractivity contribution in [3.63, 3.8) is 0 Å². The van der Waals surface area contributed by atoms with Gasteiger partial charge in [-0.15, -0.1) is 0 Å². The molecule has 2 rings (SSSR count). The number of halogens is 2. The van der Waals surface area contributed by atoms with Gasteiger partial charge in [0.2, 0.25) is 0 Å². The minimum absolute atomic E-state index is 0.0451. The second-order valence-corrected chi connectivity index (χ2v) is 5.51. The van der Waals surface area contributed by atoms with Crippen LogP contribution in [0.1, 0.15) is 33.6 Å². The maximum atomic E-state index is 13.5. The highest BCUT2D eigenvalue weighted by molar-refractivity contribution is 5.12. The Kier molecular flexibility index (Phi) is 1.62. The lowest BCUT2D eigenvalue weighted by atomic mass is 10.0. The molecule has 1 nitrogen and oxygen atoms in total. The van der Waals surface area contributed by atoms with Gasteiger partial charge in [0.1, 0.15) is 0 Å². The second kappa shape index (κ2) is 2.25. The zero-order valence-electron chi connectivity index (χ0n) is 8.53. The lowest BCUT2D eigenvalue weighted by Crippen LogP contribution is -2.40.